The first-order valence-corrected chi connectivity index (χ1v) is 11.6. The molecular formula is C31H24. The van der Waals surface area contributed by atoms with Crippen molar-refractivity contribution in [1.82, 2.24) is 0 Å². The molecule has 4 aromatic carbocycles. The van der Waals surface area contributed by atoms with Crippen LogP contribution in [-0.2, 0) is 5.41 Å². The van der Waals surface area contributed by atoms with E-state index in [2.05, 4.69) is 87.5 Å². The smallest absolute Gasteiger partial charge is 0.00703 e. The molecule has 4 aliphatic carbocycles. The highest BCUT2D eigenvalue weighted by Crippen LogP contribution is 2.64. The van der Waals surface area contributed by atoms with Crippen molar-refractivity contribution in [3.8, 4) is 22.3 Å². The SMILES string of the molecule is CC1C2=C3c4c(cc5c6c(ccc1c46)-c1cc4ccccc4cc1-5)C(C)(C)C3CC=C2. The van der Waals surface area contributed by atoms with Crippen LogP contribution in [0.1, 0.15) is 49.8 Å². The second-order valence-corrected chi connectivity index (χ2v) is 10.5. The van der Waals surface area contributed by atoms with Gasteiger partial charge in [0.2, 0.25) is 0 Å². The number of rotatable bonds is 0. The lowest BCUT2D eigenvalue weighted by molar-refractivity contribution is 0.413. The Morgan fingerprint density at radius 1 is 0.806 bits per heavy atom. The minimum Gasteiger partial charge on any atom is -0.0836 e. The zero-order chi connectivity index (χ0) is 20.6. The Morgan fingerprint density at radius 3 is 2.32 bits per heavy atom. The van der Waals surface area contributed by atoms with Gasteiger partial charge in [0, 0.05) is 5.92 Å². The predicted octanol–water partition coefficient (Wildman–Crippen LogP) is 8.38. The van der Waals surface area contributed by atoms with E-state index in [1.165, 1.54) is 50.4 Å². The Kier molecular flexibility index (Phi) is 2.68. The molecule has 4 aromatic rings. The van der Waals surface area contributed by atoms with Crippen molar-refractivity contribution in [2.24, 2.45) is 5.92 Å². The second kappa shape index (κ2) is 5.02. The molecule has 148 valence electrons. The van der Waals surface area contributed by atoms with Gasteiger partial charge in [-0.05, 0) is 108 Å². The summed E-state index contributed by atoms with van der Waals surface area (Å²) in [5, 5.41) is 5.74. The topological polar surface area (TPSA) is 0 Å². The van der Waals surface area contributed by atoms with Crippen LogP contribution in [0.4, 0.5) is 0 Å². The molecule has 2 unspecified atom stereocenters. The van der Waals surface area contributed by atoms with E-state index >= 15 is 0 Å². The fourth-order valence-electron chi connectivity index (χ4n) is 7.31. The Morgan fingerprint density at radius 2 is 1.55 bits per heavy atom. The van der Waals surface area contributed by atoms with Gasteiger partial charge in [0.1, 0.15) is 0 Å². The summed E-state index contributed by atoms with van der Waals surface area (Å²) in [7, 11) is 0. The quantitative estimate of drug-likeness (QED) is 0.246. The molecule has 2 atom stereocenters. The molecular weight excluding hydrogens is 372 g/mol. The maximum atomic E-state index is 2.57. The monoisotopic (exact) mass is 396 g/mol. The van der Waals surface area contributed by atoms with Gasteiger partial charge in [0.05, 0.1) is 0 Å². The molecule has 0 fully saturated rings. The summed E-state index contributed by atoms with van der Waals surface area (Å²) in [5.74, 6) is 1.08. The largest absolute Gasteiger partial charge is 0.0836 e. The molecule has 0 aliphatic heterocycles. The molecule has 31 heavy (non-hydrogen) atoms. The van der Waals surface area contributed by atoms with Gasteiger partial charge in [-0.15, -0.1) is 0 Å². The minimum absolute atomic E-state index is 0.169. The lowest BCUT2D eigenvalue weighted by atomic mass is 9.70. The molecule has 0 bridgehead atoms. The van der Waals surface area contributed by atoms with Gasteiger partial charge >= 0.3 is 0 Å². The van der Waals surface area contributed by atoms with Crippen LogP contribution in [0.15, 0.2) is 72.3 Å². The van der Waals surface area contributed by atoms with Crippen LogP contribution in [0, 0.1) is 5.92 Å². The molecule has 0 radical (unpaired) electrons. The van der Waals surface area contributed by atoms with E-state index in [4.69, 9.17) is 0 Å². The first kappa shape index (κ1) is 16.6. The van der Waals surface area contributed by atoms with Gasteiger partial charge < -0.3 is 0 Å². The molecule has 0 saturated heterocycles. The summed E-state index contributed by atoms with van der Waals surface area (Å²) in [6, 6.07) is 21.1. The number of fused-ring (bicyclic) bond motifs is 4. The van der Waals surface area contributed by atoms with E-state index in [0.717, 1.165) is 0 Å². The van der Waals surface area contributed by atoms with Crippen LogP contribution in [0.5, 0.6) is 0 Å². The van der Waals surface area contributed by atoms with Gasteiger partial charge in [-0.1, -0.05) is 69.3 Å². The lowest BCUT2D eigenvalue weighted by Crippen LogP contribution is -2.25. The Balaban J connectivity index is 1.60. The van der Waals surface area contributed by atoms with Crippen LogP contribution in [0.2, 0.25) is 0 Å². The fourth-order valence-corrected chi connectivity index (χ4v) is 7.31. The Bertz CT molecular complexity index is 1590. The first-order valence-electron chi connectivity index (χ1n) is 11.6. The van der Waals surface area contributed by atoms with Crippen molar-refractivity contribution in [2.45, 2.75) is 38.5 Å². The molecule has 0 nitrogen and oxygen atoms in total. The van der Waals surface area contributed by atoms with Gasteiger partial charge in [-0.3, -0.25) is 0 Å². The zero-order valence-corrected chi connectivity index (χ0v) is 18.2. The highest BCUT2D eigenvalue weighted by molar-refractivity contribution is 6.22. The molecule has 0 heterocycles. The third kappa shape index (κ3) is 1.70. The van der Waals surface area contributed by atoms with E-state index in [9.17, 15) is 0 Å². The summed E-state index contributed by atoms with van der Waals surface area (Å²) in [5.41, 5.74) is 13.8. The van der Waals surface area contributed by atoms with Crippen molar-refractivity contribution >= 4 is 27.1 Å². The maximum Gasteiger partial charge on any atom is 0.00703 e. The molecule has 0 amide bonds. The van der Waals surface area contributed by atoms with Crippen molar-refractivity contribution in [3.63, 3.8) is 0 Å². The van der Waals surface area contributed by atoms with Crippen molar-refractivity contribution in [3.05, 3.63) is 89.0 Å². The summed E-state index contributed by atoms with van der Waals surface area (Å²) in [6.45, 7) is 7.38. The molecule has 0 saturated carbocycles. The van der Waals surface area contributed by atoms with Crippen molar-refractivity contribution < 1.29 is 0 Å². The summed E-state index contributed by atoms with van der Waals surface area (Å²) in [4.78, 5) is 0. The Labute approximate surface area is 182 Å². The Hall–Kier alpha value is -3.12. The van der Waals surface area contributed by atoms with E-state index in [0.29, 0.717) is 11.8 Å². The maximum absolute atomic E-state index is 2.57. The number of allylic oxidation sites excluding steroid dienone is 4. The third-order valence-corrected chi connectivity index (χ3v) is 8.88. The van der Waals surface area contributed by atoms with Crippen molar-refractivity contribution in [2.75, 3.05) is 0 Å². The van der Waals surface area contributed by atoms with E-state index < -0.39 is 0 Å². The van der Waals surface area contributed by atoms with Crippen LogP contribution >= 0.6 is 0 Å². The molecule has 0 N–H and O–H groups in total. The van der Waals surface area contributed by atoms with Gasteiger partial charge in [0.25, 0.3) is 0 Å². The zero-order valence-electron chi connectivity index (χ0n) is 18.2. The average Bonchev–Trinajstić information content (AvgIpc) is 3.22. The van der Waals surface area contributed by atoms with Crippen LogP contribution in [0.25, 0.3) is 49.4 Å². The fraction of sp³-hybridized carbons (Fsp3) is 0.226. The summed E-state index contributed by atoms with van der Waals surface area (Å²) in [6.07, 6.45) is 6.03. The minimum atomic E-state index is 0.169. The third-order valence-electron chi connectivity index (χ3n) is 8.88. The van der Waals surface area contributed by atoms with Gasteiger partial charge in [-0.25, -0.2) is 0 Å². The number of benzene rings is 4. The first-order chi connectivity index (χ1) is 15.1. The molecule has 0 aromatic heterocycles. The average molecular weight is 397 g/mol. The molecule has 0 spiro atoms. The lowest BCUT2D eigenvalue weighted by Gasteiger charge is -2.33. The van der Waals surface area contributed by atoms with Crippen LogP contribution in [0.3, 0.4) is 0 Å². The van der Waals surface area contributed by atoms with Crippen LogP contribution in [-0.4, -0.2) is 0 Å². The van der Waals surface area contributed by atoms with E-state index in [-0.39, 0.29) is 5.41 Å². The molecule has 0 heteroatoms. The predicted molar refractivity (Wildman–Crippen MR) is 131 cm³/mol. The molecule has 8 rings (SSSR count). The normalized spacial score (nSPS) is 23.2. The summed E-state index contributed by atoms with van der Waals surface area (Å²) >= 11 is 0. The molecule has 4 aliphatic rings. The van der Waals surface area contributed by atoms with Crippen molar-refractivity contribution in [1.29, 1.82) is 0 Å². The standard InChI is InChI=1S/C31H24/c1-16-19-9-6-10-25-28(19)30-26(31(25,2)3)15-24-23-14-18-8-5-4-7-17(18)13-22(23)21-12-11-20(16)29(30)27(21)24/h4-9,11-16,25H,10H2,1-3H3. The number of hydrogen-bond donors (Lipinski definition) is 0. The van der Waals surface area contributed by atoms with E-state index in [1.54, 1.807) is 27.7 Å². The van der Waals surface area contributed by atoms with Gasteiger partial charge in [0.15, 0.2) is 0 Å². The highest BCUT2D eigenvalue weighted by Gasteiger charge is 2.48. The van der Waals surface area contributed by atoms with Gasteiger partial charge in [-0.2, -0.15) is 0 Å². The van der Waals surface area contributed by atoms with Crippen LogP contribution < -0.4 is 0 Å². The number of hydrogen-bond acceptors (Lipinski definition) is 0. The second-order valence-electron chi connectivity index (χ2n) is 10.5. The van der Waals surface area contributed by atoms with E-state index in [1.807, 2.05) is 0 Å². The highest BCUT2D eigenvalue weighted by atomic mass is 14.5. The summed E-state index contributed by atoms with van der Waals surface area (Å²) < 4.78 is 0.